The van der Waals surface area contributed by atoms with E-state index in [0.29, 0.717) is 0 Å². The molecule has 0 aromatic heterocycles. The van der Waals surface area contributed by atoms with Crippen LogP contribution in [-0.2, 0) is 4.79 Å². The Balaban J connectivity index is 2.92. The van der Waals surface area contributed by atoms with Crippen molar-refractivity contribution in [2.75, 3.05) is 0 Å². The van der Waals surface area contributed by atoms with Gasteiger partial charge in [-0.2, -0.15) is 0 Å². The van der Waals surface area contributed by atoms with Crippen LogP contribution in [0.1, 0.15) is 20.8 Å². The van der Waals surface area contributed by atoms with E-state index in [0.717, 1.165) is 0 Å². The lowest BCUT2D eigenvalue weighted by atomic mass is 9.61. The van der Waals surface area contributed by atoms with Crippen LogP contribution in [0.3, 0.4) is 0 Å². The van der Waals surface area contributed by atoms with E-state index in [9.17, 15) is 4.79 Å². The van der Waals surface area contributed by atoms with E-state index in [1.54, 1.807) is 0 Å². The molecule has 0 saturated heterocycles. The first-order chi connectivity index (χ1) is 4.32. The standard InChI is InChI=1S/C7H10Cl2O/c1-4-5(10)7(8,9)6(4,2)3/h4H,1-3H3. The number of halogens is 2. The quantitative estimate of drug-likeness (QED) is 0.524. The Bertz CT molecular complexity index is 184. The number of alkyl halides is 2. The van der Waals surface area contributed by atoms with Crippen molar-refractivity contribution in [3.63, 3.8) is 0 Å². The van der Waals surface area contributed by atoms with Crippen molar-refractivity contribution in [3.05, 3.63) is 0 Å². The van der Waals surface area contributed by atoms with Crippen LogP contribution in [0.25, 0.3) is 0 Å². The van der Waals surface area contributed by atoms with Crippen LogP contribution >= 0.6 is 23.2 Å². The lowest BCUT2D eigenvalue weighted by Crippen LogP contribution is -2.61. The molecule has 0 aliphatic heterocycles. The summed E-state index contributed by atoms with van der Waals surface area (Å²) >= 11 is 11.5. The topological polar surface area (TPSA) is 17.1 Å². The zero-order chi connectivity index (χ0) is 8.15. The molecule has 58 valence electrons. The molecule has 0 N–H and O–H groups in total. The van der Waals surface area contributed by atoms with E-state index in [4.69, 9.17) is 23.2 Å². The van der Waals surface area contributed by atoms with Gasteiger partial charge in [-0.05, 0) is 0 Å². The summed E-state index contributed by atoms with van der Waals surface area (Å²) in [6.07, 6.45) is 0. The molecule has 1 unspecified atom stereocenters. The number of hydrogen-bond acceptors (Lipinski definition) is 1. The van der Waals surface area contributed by atoms with Crippen LogP contribution < -0.4 is 0 Å². The fraction of sp³-hybridized carbons (Fsp3) is 0.857. The van der Waals surface area contributed by atoms with E-state index in [2.05, 4.69) is 0 Å². The first kappa shape index (κ1) is 8.35. The Morgan fingerprint density at radius 1 is 1.40 bits per heavy atom. The van der Waals surface area contributed by atoms with Gasteiger partial charge in [0.25, 0.3) is 0 Å². The number of carbonyl (C=O) groups is 1. The first-order valence-corrected chi connectivity index (χ1v) is 3.99. The molecule has 0 aromatic rings. The lowest BCUT2D eigenvalue weighted by Gasteiger charge is -2.51. The molecule has 0 spiro atoms. The summed E-state index contributed by atoms with van der Waals surface area (Å²) in [6.45, 7) is 5.66. The Hall–Kier alpha value is 0.250. The molecule has 3 heteroatoms. The van der Waals surface area contributed by atoms with Crippen LogP contribution in [0.5, 0.6) is 0 Å². The zero-order valence-corrected chi connectivity index (χ0v) is 7.75. The summed E-state index contributed by atoms with van der Waals surface area (Å²) in [5.41, 5.74) is -0.271. The molecular formula is C7H10Cl2O. The highest BCUT2D eigenvalue weighted by molar-refractivity contribution is 6.61. The summed E-state index contributed by atoms with van der Waals surface area (Å²) in [4.78, 5) is 11.0. The van der Waals surface area contributed by atoms with Gasteiger partial charge in [0.05, 0.1) is 0 Å². The largest absolute Gasteiger partial charge is 0.296 e. The first-order valence-electron chi connectivity index (χ1n) is 3.24. The fourth-order valence-electron chi connectivity index (χ4n) is 1.11. The number of rotatable bonds is 0. The van der Waals surface area contributed by atoms with E-state index < -0.39 is 4.33 Å². The Labute approximate surface area is 70.7 Å². The Morgan fingerprint density at radius 3 is 1.90 bits per heavy atom. The molecule has 0 amide bonds. The van der Waals surface area contributed by atoms with Crippen LogP contribution in [0, 0.1) is 11.3 Å². The summed E-state index contributed by atoms with van der Waals surface area (Å²) < 4.78 is -1.15. The number of Topliss-reactive ketones (excluding diaryl/α,β-unsaturated/α-hetero) is 1. The molecule has 0 radical (unpaired) electrons. The molecule has 1 fully saturated rings. The highest BCUT2D eigenvalue weighted by Gasteiger charge is 2.64. The number of carbonyl (C=O) groups excluding carboxylic acids is 1. The van der Waals surface area contributed by atoms with Gasteiger partial charge in [0.1, 0.15) is 0 Å². The van der Waals surface area contributed by atoms with E-state index >= 15 is 0 Å². The highest BCUT2D eigenvalue weighted by atomic mass is 35.5. The minimum Gasteiger partial charge on any atom is -0.296 e. The summed E-state index contributed by atoms with van der Waals surface area (Å²) in [5, 5.41) is 0. The van der Waals surface area contributed by atoms with E-state index in [1.807, 2.05) is 20.8 Å². The van der Waals surface area contributed by atoms with Gasteiger partial charge in [-0.1, -0.05) is 44.0 Å². The maximum absolute atomic E-state index is 11.0. The highest BCUT2D eigenvalue weighted by Crippen LogP contribution is 2.57. The predicted octanol–water partition coefficient (Wildman–Crippen LogP) is 2.41. The van der Waals surface area contributed by atoms with Gasteiger partial charge in [-0.25, -0.2) is 0 Å². The Morgan fingerprint density at radius 2 is 1.80 bits per heavy atom. The van der Waals surface area contributed by atoms with Crippen LogP contribution in [0.2, 0.25) is 0 Å². The molecule has 0 aromatic carbocycles. The molecule has 1 atom stereocenters. The molecule has 1 rings (SSSR count). The van der Waals surface area contributed by atoms with Crippen molar-refractivity contribution in [1.29, 1.82) is 0 Å². The van der Waals surface area contributed by atoms with Crippen molar-refractivity contribution < 1.29 is 4.79 Å². The second-order valence-electron chi connectivity index (χ2n) is 3.38. The van der Waals surface area contributed by atoms with Gasteiger partial charge < -0.3 is 0 Å². The summed E-state index contributed by atoms with van der Waals surface area (Å²) in [6, 6.07) is 0. The third-order valence-corrected chi connectivity index (χ3v) is 3.94. The van der Waals surface area contributed by atoms with Crippen molar-refractivity contribution in [1.82, 2.24) is 0 Å². The number of ketones is 1. The lowest BCUT2D eigenvalue weighted by molar-refractivity contribution is -0.140. The smallest absolute Gasteiger partial charge is 0.181 e. The van der Waals surface area contributed by atoms with Crippen molar-refractivity contribution in [2.24, 2.45) is 11.3 Å². The SMILES string of the molecule is CC1C(=O)C(Cl)(Cl)C1(C)C. The molecule has 0 bridgehead atoms. The summed E-state index contributed by atoms with van der Waals surface area (Å²) in [5.74, 6) is -0.0664. The van der Waals surface area contributed by atoms with Gasteiger partial charge >= 0.3 is 0 Å². The van der Waals surface area contributed by atoms with Gasteiger partial charge in [-0.3, -0.25) is 4.79 Å². The second kappa shape index (κ2) is 1.89. The van der Waals surface area contributed by atoms with Gasteiger partial charge in [0.15, 0.2) is 10.1 Å². The monoisotopic (exact) mass is 180 g/mol. The number of hydrogen-bond donors (Lipinski definition) is 0. The minimum atomic E-state index is -1.15. The molecule has 1 saturated carbocycles. The van der Waals surface area contributed by atoms with Crippen LogP contribution in [0.15, 0.2) is 0 Å². The molecule has 1 aliphatic rings. The average Bonchev–Trinajstić information content (AvgIpc) is 1.84. The summed E-state index contributed by atoms with van der Waals surface area (Å²) in [7, 11) is 0. The third-order valence-electron chi connectivity index (χ3n) is 2.59. The van der Waals surface area contributed by atoms with Gasteiger partial charge in [-0.15, -0.1) is 0 Å². The molecular weight excluding hydrogens is 171 g/mol. The van der Waals surface area contributed by atoms with Crippen molar-refractivity contribution in [3.8, 4) is 0 Å². The molecule has 0 heterocycles. The second-order valence-corrected chi connectivity index (χ2v) is 4.71. The van der Waals surface area contributed by atoms with Crippen molar-refractivity contribution in [2.45, 2.75) is 25.1 Å². The zero-order valence-electron chi connectivity index (χ0n) is 6.24. The molecule has 1 aliphatic carbocycles. The maximum Gasteiger partial charge on any atom is 0.181 e. The van der Waals surface area contributed by atoms with Crippen LogP contribution in [0.4, 0.5) is 0 Å². The van der Waals surface area contributed by atoms with Gasteiger partial charge in [0, 0.05) is 11.3 Å². The molecule has 1 nitrogen and oxygen atoms in total. The fourth-order valence-corrected chi connectivity index (χ4v) is 1.77. The molecule has 10 heavy (non-hydrogen) atoms. The van der Waals surface area contributed by atoms with E-state index in [1.165, 1.54) is 0 Å². The third kappa shape index (κ3) is 0.680. The van der Waals surface area contributed by atoms with Crippen LogP contribution in [-0.4, -0.2) is 10.1 Å². The Kier molecular flexibility index (Phi) is 1.58. The predicted molar refractivity (Wildman–Crippen MR) is 42.4 cm³/mol. The minimum absolute atomic E-state index is 0.0116. The maximum atomic E-state index is 11.0. The van der Waals surface area contributed by atoms with E-state index in [-0.39, 0.29) is 17.1 Å². The van der Waals surface area contributed by atoms with Gasteiger partial charge in [0.2, 0.25) is 0 Å². The average molecular weight is 181 g/mol. The van der Waals surface area contributed by atoms with Crippen molar-refractivity contribution >= 4 is 29.0 Å². The normalized spacial score (nSPS) is 35.3.